The van der Waals surface area contributed by atoms with E-state index in [1.54, 1.807) is 13.1 Å². The van der Waals surface area contributed by atoms with Crippen LogP contribution in [0.4, 0.5) is 10.1 Å². The van der Waals surface area contributed by atoms with Gasteiger partial charge in [-0.1, -0.05) is 36.4 Å². The Labute approximate surface area is 183 Å². The molecule has 32 heavy (non-hydrogen) atoms. The summed E-state index contributed by atoms with van der Waals surface area (Å²) in [6, 6.07) is 15.1. The molecule has 2 N–H and O–H groups in total. The molecule has 4 rings (SSSR count). The van der Waals surface area contributed by atoms with Crippen LogP contribution >= 0.6 is 0 Å². The normalized spacial score (nSPS) is 12.0. The van der Waals surface area contributed by atoms with E-state index >= 15 is 0 Å². The lowest BCUT2D eigenvalue weighted by Gasteiger charge is -2.20. The van der Waals surface area contributed by atoms with Crippen LogP contribution in [-0.4, -0.2) is 25.6 Å². The zero-order valence-electron chi connectivity index (χ0n) is 17.8. The zero-order chi connectivity index (χ0) is 23.0. The quantitative estimate of drug-likeness (QED) is 0.456. The molecule has 2 heterocycles. The average molecular weight is 432 g/mol. The third-order valence-electron chi connectivity index (χ3n) is 5.29. The van der Waals surface area contributed by atoms with Crippen molar-refractivity contribution in [2.45, 2.75) is 19.9 Å². The summed E-state index contributed by atoms with van der Waals surface area (Å²) in [5, 5.41) is 12.9. The maximum atomic E-state index is 13.5. The van der Waals surface area contributed by atoms with E-state index in [2.05, 4.69) is 10.3 Å². The fourth-order valence-electron chi connectivity index (χ4n) is 3.75. The number of halogens is 1. The number of carboxylic acids is 1. The number of pyridine rings is 1. The molecule has 0 saturated carbocycles. The number of hydrogen-bond donors (Lipinski definition) is 2. The van der Waals surface area contributed by atoms with Crippen molar-refractivity contribution in [2.24, 2.45) is 7.05 Å². The molecule has 0 unspecified atom stereocenters. The number of fused-ring (bicyclic) bond motifs is 1. The van der Waals surface area contributed by atoms with Gasteiger partial charge in [-0.25, -0.2) is 14.8 Å². The van der Waals surface area contributed by atoms with Crippen molar-refractivity contribution in [3.05, 3.63) is 87.7 Å². The van der Waals surface area contributed by atoms with Crippen LogP contribution in [0, 0.1) is 12.9 Å². The Balaban J connectivity index is 1.88. The molecule has 0 aliphatic rings. The lowest BCUT2D eigenvalue weighted by molar-refractivity contribution is 0.0690. The van der Waals surface area contributed by atoms with Gasteiger partial charge < -0.3 is 10.4 Å². The Hall–Kier alpha value is -4.07. The van der Waals surface area contributed by atoms with Gasteiger partial charge in [0.1, 0.15) is 5.82 Å². The first-order chi connectivity index (χ1) is 15.3. The molecule has 1 atom stereocenters. The Morgan fingerprint density at radius 1 is 1.12 bits per heavy atom. The fourth-order valence-corrected chi connectivity index (χ4v) is 3.75. The van der Waals surface area contributed by atoms with Crippen molar-refractivity contribution in [1.29, 1.82) is 0 Å². The molecule has 2 aromatic carbocycles. The van der Waals surface area contributed by atoms with E-state index in [1.165, 1.54) is 10.6 Å². The van der Waals surface area contributed by atoms with Gasteiger partial charge in [-0.05, 0) is 37.6 Å². The monoisotopic (exact) mass is 432 g/mol. The van der Waals surface area contributed by atoms with Gasteiger partial charge in [-0.2, -0.15) is 4.39 Å². The van der Waals surface area contributed by atoms with Crippen molar-refractivity contribution >= 4 is 22.6 Å². The third-order valence-corrected chi connectivity index (χ3v) is 5.29. The molecule has 2 aromatic heterocycles. The largest absolute Gasteiger partial charge is 0.476 e. The van der Waals surface area contributed by atoms with E-state index in [1.807, 2.05) is 50.2 Å². The van der Waals surface area contributed by atoms with Crippen LogP contribution in [0.5, 0.6) is 0 Å². The van der Waals surface area contributed by atoms with Crippen LogP contribution in [0.15, 0.2) is 59.4 Å². The maximum Gasteiger partial charge on any atom is 0.356 e. The third kappa shape index (κ3) is 3.82. The summed E-state index contributed by atoms with van der Waals surface area (Å²) in [5.74, 6) is -1.69. The highest BCUT2D eigenvalue weighted by Crippen LogP contribution is 2.29. The van der Waals surface area contributed by atoms with E-state index in [9.17, 15) is 19.1 Å². The van der Waals surface area contributed by atoms with Crippen molar-refractivity contribution in [2.75, 3.05) is 5.32 Å². The van der Waals surface area contributed by atoms with Crippen LogP contribution in [0.1, 0.15) is 34.6 Å². The molecular weight excluding hydrogens is 411 g/mol. The molecule has 162 valence electrons. The van der Waals surface area contributed by atoms with E-state index < -0.39 is 23.7 Å². The first kappa shape index (κ1) is 21.2. The SMILES string of the molecule is Cc1cc([C@@H](C)Nc2ccc(F)nc2C(=O)O)c2nc(-c3ccccc3)n(C)c(=O)c2c1. The minimum atomic E-state index is -1.34. The maximum absolute atomic E-state index is 13.5. The van der Waals surface area contributed by atoms with E-state index in [0.717, 1.165) is 22.8 Å². The number of aromatic nitrogens is 3. The van der Waals surface area contributed by atoms with Crippen molar-refractivity contribution in [3.63, 3.8) is 0 Å². The fraction of sp³-hybridized carbons (Fsp3) is 0.167. The standard InChI is InChI=1S/C24H21FN4O3/c1-13-11-16(14(2)26-18-9-10-19(25)27-21(18)24(31)32)20-17(12-13)23(30)29(3)22(28-20)15-7-5-4-6-8-15/h4-12,14,26H,1-3H3,(H,31,32)/t14-/m1/s1. The first-order valence-electron chi connectivity index (χ1n) is 9.99. The minimum absolute atomic E-state index is 0.174. The van der Waals surface area contributed by atoms with Gasteiger partial charge in [-0.3, -0.25) is 9.36 Å². The van der Waals surface area contributed by atoms with Gasteiger partial charge in [-0.15, -0.1) is 0 Å². The van der Waals surface area contributed by atoms with Gasteiger partial charge in [0.25, 0.3) is 5.56 Å². The van der Waals surface area contributed by atoms with Gasteiger partial charge in [0, 0.05) is 18.2 Å². The molecule has 7 nitrogen and oxygen atoms in total. The minimum Gasteiger partial charge on any atom is -0.476 e. The van der Waals surface area contributed by atoms with E-state index in [4.69, 9.17) is 4.98 Å². The summed E-state index contributed by atoms with van der Waals surface area (Å²) < 4.78 is 15.0. The topological polar surface area (TPSA) is 97.1 Å². The first-order valence-corrected chi connectivity index (χ1v) is 9.99. The molecule has 0 amide bonds. The molecule has 0 aliphatic heterocycles. The average Bonchev–Trinajstić information content (AvgIpc) is 2.77. The number of nitrogens with one attached hydrogen (secondary N) is 1. The second-order valence-electron chi connectivity index (χ2n) is 7.62. The van der Waals surface area contributed by atoms with E-state index in [0.29, 0.717) is 16.7 Å². The molecular formula is C24H21FN4O3. The summed E-state index contributed by atoms with van der Waals surface area (Å²) in [5.41, 5.74) is 2.48. The zero-order valence-corrected chi connectivity index (χ0v) is 17.8. The van der Waals surface area contributed by atoms with Gasteiger partial charge in [0.15, 0.2) is 5.69 Å². The number of carbonyl (C=O) groups is 1. The predicted molar refractivity (Wildman–Crippen MR) is 120 cm³/mol. The van der Waals surface area contributed by atoms with Crippen LogP contribution in [0.3, 0.4) is 0 Å². The molecule has 0 saturated heterocycles. The van der Waals surface area contributed by atoms with Gasteiger partial charge >= 0.3 is 5.97 Å². The summed E-state index contributed by atoms with van der Waals surface area (Å²) in [6.45, 7) is 3.70. The summed E-state index contributed by atoms with van der Waals surface area (Å²) in [4.78, 5) is 33.0. The Kier molecular flexibility index (Phi) is 5.44. The molecule has 4 aromatic rings. The highest BCUT2D eigenvalue weighted by atomic mass is 19.1. The second-order valence-corrected chi connectivity index (χ2v) is 7.62. The number of aryl methyl sites for hydroxylation is 1. The lowest BCUT2D eigenvalue weighted by Crippen LogP contribution is -2.22. The number of hydrogen-bond acceptors (Lipinski definition) is 5. The van der Waals surface area contributed by atoms with Crippen molar-refractivity contribution in [1.82, 2.24) is 14.5 Å². The highest BCUT2D eigenvalue weighted by molar-refractivity contribution is 5.92. The highest BCUT2D eigenvalue weighted by Gasteiger charge is 2.20. The summed E-state index contributed by atoms with van der Waals surface area (Å²) in [6.07, 6.45) is 0. The smallest absolute Gasteiger partial charge is 0.356 e. The Bertz CT molecular complexity index is 1400. The summed E-state index contributed by atoms with van der Waals surface area (Å²) in [7, 11) is 1.68. The number of carboxylic acid groups (broad SMARTS) is 1. The van der Waals surface area contributed by atoms with Crippen LogP contribution in [0.25, 0.3) is 22.3 Å². The van der Waals surface area contributed by atoms with E-state index in [-0.39, 0.29) is 11.2 Å². The molecule has 8 heteroatoms. The molecule has 0 spiro atoms. The number of anilines is 1. The molecule has 0 radical (unpaired) electrons. The molecule has 0 fully saturated rings. The number of benzene rings is 2. The number of nitrogens with zero attached hydrogens (tertiary/aromatic N) is 3. The van der Waals surface area contributed by atoms with Crippen molar-refractivity contribution in [3.8, 4) is 11.4 Å². The van der Waals surface area contributed by atoms with Crippen LogP contribution < -0.4 is 10.9 Å². The predicted octanol–water partition coefficient (Wildman–Crippen LogP) is 4.31. The molecule has 0 bridgehead atoms. The number of aromatic carboxylic acids is 1. The Morgan fingerprint density at radius 2 is 1.84 bits per heavy atom. The lowest BCUT2D eigenvalue weighted by atomic mass is 10.0. The van der Waals surface area contributed by atoms with Gasteiger partial charge in [0.2, 0.25) is 5.95 Å². The Morgan fingerprint density at radius 3 is 2.53 bits per heavy atom. The number of rotatable bonds is 5. The summed E-state index contributed by atoms with van der Waals surface area (Å²) >= 11 is 0. The molecule has 0 aliphatic carbocycles. The van der Waals surface area contributed by atoms with Crippen LogP contribution in [0.2, 0.25) is 0 Å². The van der Waals surface area contributed by atoms with Gasteiger partial charge in [0.05, 0.1) is 22.6 Å². The van der Waals surface area contributed by atoms with Crippen molar-refractivity contribution < 1.29 is 14.3 Å². The second kappa shape index (κ2) is 8.22. The van der Waals surface area contributed by atoms with Crippen LogP contribution in [-0.2, 0) is 7.05 Å².